The Balaban J connectivity index is 1.43. The molecule has 0 heterocycles. The maximum absolute atomic E-state index is 14.8. The highest BCUT2D eigenvalue weighted by atomic mass is 32.2. The highest BCUT2D eigenvalue weighted by Gasteiger charge is 2.30. The van der Waals surface area contributed by atoms with Gasteiger partial charge in [-0.2, -0.15) is 0 Å². The molecular weight excluding hydrogens is 506 g/mol. The van der Waals surface area contributed by atoms with Crippen molar-refractivity contribution in [2.75, 3.05) is 4.90 Å². The summed E-state index contributed by atoms with van der Waals surface area (Å²) in [6, 6.07) is 46.7. The Labute approximate surface area is 241 Å². The fourth-order valence-corrected chi connectivity index (χ4v) is 6.49. The van der Waals surface area contributed by atoms with Crippen LogP contribution >= 0.6 is 11.8 Å². The van der Waals surface area contributed by atoms with Gasteiger partial charge in [-0.05, 0) is 77.3 Å². The summed E-state index contributed by atoms with van der Waals surface area (Å²) < 4.78 is 0. The van der Waals surface area contributed by atoms with Crippen LogP contribution in [0.3, 0.4) is 0 Å². The SMILES string of the molecule is O=C(C(Sc1ccccc1)c1ccccc1)N(Cc1ccccc1)c1cc2ccc1CCc1ccc(cc1)CC2. The number of thioether (sulfide) groups is 1. The molecule has 0 aliphatic heterocycles. The van der Waals surface area contributed by atoms with Gasteiger partial charge in [0.15, 0.2) is 0 Å². The molecule has 0 aromatic heterocycles. The summed E-state index contributed by atoms with van der Waals surface area (Å²) in [4.78, 5) is 18.0. The first-order valence-corrected chi connectivity index (χ1v) is 14.9. The molecule has 40 heavy (non-hydrogen) atoms. The van der Waals surface area contributed by atoms with E-state index in [0.29, 0.717) is 6.54 Å². The number of aryl methyl sites for hydroxylation is 4. The number of hydrogen-bond donors (Lipinski definition) is 0. The summed E-state index contributed by atoms with van der Waals surface area (Å²) in [5.74, 6) is 0.109. The van der Waals surface area contributed by atoms with Crippen LogP contribution in [0.5, 0.6) is 0 Å². The Kier molecular flexibility index (Phi) is 8.11. The van der Waals surface area contributed by atoms with E-state index in [4.69, 9.17) is 0 Å². The lowest BCUT2D eigenvalue weighted by Gasteiger charge is -2.30. The second-order valence-electron chi connectivity index (χ2n) is 10.4. The predicted octanol–water partition coefficient (Wildman–Crippen LogP) is 8.64. The van der Waals surface area contributed by atoms with E-state index in [9.17, 15) is 4.79 Å². The van der Waals surface area contributed by atoms with E-state index in [-0.39, 0.29) is 11.2 Å². The average molecular weight is 540 g/mol. The molecular formula is C37H33NOS. The van der Waals surface area contributed by atoms with E-state index in [1.807, 2.05) is 42.5 Å². The Bertz CT molecular complexity index is 1550. The van der Waals surface area contributed by atoms with Crippen molar-refractivity contribution in [1.82, 2.24) is 0 Å². The Morgan fingerprint density at radius 2 is 1.18 bits per heavy atom. The molecule has 0 fully saturated rings. The third kappa shape index (κ3) is 6.21. The van der Waals surface area contributed by atoms with Crippen LogP contribution < -0.4 is 4.90 Å². The molecule has 198 valence electrons. The molecule has 3 heteroatoms. The molecule has 1 atom stereocenters. The molecule has 4 aliphatic rings. The predicted molar refractivity (Wildman–Crippen MR) is 167 cm³/mol. The fourth-order valence-electron chi connectivity index (χ4n) is 5.38. The number of carbonyl (C=O) groups excluding carboxylic acids is 1. The lowest BCUT2D eigenvalue weighted by atomic mass is 9.94. The summed E-state index contributed by atoms with van der Waals surface area (Å²) >= 11 is 1.63. The Morgan fingerprint density at radius 1 is 0.625 bits per heavy atom. The highest BCUT2D eigenvalue weighted by Crippen LogP contribution is 2.39. The quantitative estimate of drug-likeness (QED) is 0.193. The standard InChI is InChI=1S/C37H33NOS/c39-37(36(33-12-6-2-7-13-33)40-34-14-8-3-9-15-34)38(27-31-10-4-1-5-11-31)35-26-30-21-20-28-16-18-29(19-17-28)22-24-32(35)25-23-30/h1-19,23,25-26,36H,20-22,24,27H2. The van der Waals surface area contributed by atoms with E-state index < -0.39 is 0 Å². The molecule has 9 rings (SSSR count). The number of nitrogens with zero attached hydrogens (tertiary/aromatic N) is 1. The van der Waals surface area contributed by atoms with Crippen LogP contribution in [-0.4, -0.2) is 5.91 Å². The monoisotopic (exact) mass is 539 g/mol. The molecule has 1 unspecified atom stereocenters. The molecule has 5 aromatic rings. The summed E-state index contributed by atoms with van der Waals surface area (Å²) in [7, 11) is 0. The Morgan fingerprint density at radius 3 is 1.85 bits per heavy atom. The van der Waals surface area contributed by atoms with E-state index in [1.54, 1.807) is 11.8 Å². The van der Waals surface area contributed by atoms with Crippen LogP contribution in [0.4, 0.5) is 5.69 Å². The number of anilines is 1. The van der Waals surface area contributed by atoms with Crippen molar-refractivity contribution < 1.29 is 4.79 Å². The maximum atomic E-state index is 14.8. The summed E-state index contributed by atoms with van der Waals surface area (Å²) in [6.45, 7) is 0.530. The molecule has 0 saturated carbocycles. The molecule has 0 N–H and O–H groups in total. The first-order valence-electron chi connectivity index (χ1n) is 14.0. The zero-order valence-electron chi connectivity index (χ0n) is 22.6. The van der Waals surface area contributed by atoms with Gasteiger partial charge in [0.25, 0.3) is 0 Å². The number of rotatable bonds is 7. The third-order valence-electron chi connectivity index (χ3n) is 7.62. The van der Waals surface area contributed by atoms with Gasteiger partial charge in [-0.25, -0.2) is 0 Å². The van der Waals surface area contributed by atoms with Crippen molar-refractivity contribution in [3.63, 3.8) is 0 Å². The van der Waals surface area contributed by atoms with Crippen LogP contribution in [-0.2, 0) is 37.0 Å². The zero-order chi connectivity index (χ0) is 27.1. The molecule has 0 saturated heterocycles. The van der Waals surface area contributed by atoms with Crippen molar-refractivity contribution >= 4 is 23.4 Å². The van der Waals surface area contributed by atoms with Crippen molar-refractivity contribution in [2.24, 2.45) is 0 Å². The fraction of sp³-hybridized carbons (Fsp3) is 0.162. The van der Waals surface area contributed by atoms with E-state index in [2.05, 4.69) is 95.9 Å². The minimum Gasteiger partial charge on any atom is -0.306 e. The van der Waals surface area contributed by atoms with Gasteiger partial charge in [0.1, 0.15) is 5.25 Å². The average Bonchev–Trinajstić information content (AvgIpc) is 3.01. The minimum atomic E-state index is -0.366. The minimum absolute atomic E-state index is 0.109. The summed E-state index contributed by atoms with van der Waals surface area (Å²) in [6.07, 6.45) is 3.76. The van der Waals surface area contributed by atoms with Gasteiger partial charge < -0.3 is 4.90 Å². The second-order valence-corrected chi connectivity index (χ2v) is 11.6. The number of benzene rings is 5. The molecule has 4 bridgehead atoms. The van der Waals surface area contributed by atoms with Crippen molar-refractivity contribution in [1.29, 1.82) is 0 Å². The van der Waals surface area contributed by atoms with Crippen LogP contribution in [0.25, 0.3) is 0 Å². The van der Waals surface area contributed by atoms with Crippen LogP contribution in [0.15, 0.2) is 138 Å². The smallest absolute Gasteiger partial charge is 0.245 e. The van der Waals surface area contributed by atoms with Gasteiger partial charge in [-0.1, -0.05) is 115 Å². The number of amides is 1. The molecule has 0 spiro atoms. The van der Waals surface area contributed by atoms with Gasteiger partial charge in [-0.15, -0.1) is 11.8 Å². The summed E-state index contributed by atoms with van der Waals surface area (Å²) in [5, 5.41) is -0.366. The van der Waals surface area contributed by atoms with Gasteiger partial charge in [-0.3, -0.25) is 4.79 Å². The first kappa shape index (κ1) is 26.2. The lowest BCUT2D eigenvalue weighted by molar-refractivity contribution is -0.118. The Hall–Kier alpha value is -4.08. The van der Waals surface area contributed by atoms with Crippen molar-refractivity contribution in [3.05, 3.63) is 167 Å². The lowest BCUT2D eigenvalue weighted by Crippen LogP contribution is -2.34. The van der Waals surface area contributed by atoms with Crippen molar-refractivity contribution in [2.45, 2.75) is 42.4 Å². The molecule has 4 aliphatic carbocycles. The van der Waals surface area contributed by atoms with E-state index in [0.717, 1.165) is 47.4 Å². The molecule has 0 radical (unpaired) electrons. The highest BCUT2D eigenvalue weighted by molar-refractivity contribution is 8.00. The van der Waals surface area contributed by atoms with E-state index >= 15 is 0 Å². The van der Waals surface area contributed by atoms with Crippen molar-refractivity contribution in [3.8, 4) is 0 Å². The van der Waals surface area contributed by atoms with Crippen LogP contribution in [0.2, 0.25) is 0 Å². The van der Waals surface area contributed by atoms with Gasteiger partial charge in [0.05, 0.1) is 6.54 Å². The zero-order valence-corrected chi connectivity index (χ0v) is 23.4. The third-order valence-corrected chi connectivity index (χ3v) is 8.88. The number of carbonyl (C=O) groups is 1. The second kappa shape index (κ2) is 12.4. The molecule has 5 aromatic carbocycles. The summed E-state index contributed by atoms with van der Waals surface area (Å²) in [5.41, 5.74) is 8.36. The first-order chi connectivity index (χ1) is 19.7. The normalized spacial score (nSPS) is 13.3. The molecule has 2 nitrogen and oxygen atoms in total. The topological polar surface area (TPSA) is 20.3 Å². The van der Waals surface area contributed by atoms with Crippen LogP contribution in [0, 0.1) is 0 Å². The van der Waals surface area contributed by atoms with Crippen LogP contribution in [0.1, 0.15) is 38.6 Å². The van der Waals surface area contributed by atoms with Gasteiger partial charge in [0, 0.05) is 10.6 Å². The van der Waals surface area contributed by atoms with E-state index in [1.165, 1.54) is 22.3 Å². The molecule has 1 amide bonds. The largest absolute Gasteiger partial charge is 0.306 e. The number of hydrogen-bond acceptors (Lipinski definition) is 2. The maximum Gasteiger partial charge on any atom is 0.245 e. The van der Waals surface area contributed by atoms with Gasteiger partial charge in [0.2, 0.25) is 5.91 Å². The van der Waals surface area contributed by atoms with Gasteiger partial charge >= 0.3 is 0 Å².